The van der Waals surface area contributed by atoms with E-state index in [2.05, 4.69) is 0 Å². The molecule has 0 fully saturated rings. The first-order chi connectivity index (χ1) is 12.5. The van der Waals surface area contributed by atoms with E-state index in [-0.39, 0.29) is 23.6 Å². The van der Waals surface area contributed by atoms with E-state index in [1.54, 1.807) is 26.0 Å². The smallest absolute Gasteiger partial charge is 0.416 e. The molecule has 0 saturated carbocycles. The maximum absolute atomic E-state index is 13.3. The van der Waals surface area contributed by atoms with Crippen LogP contribution in [0.5, 0.6) is 5.75 Å². The highest BCUT2D eigenvalue weighted by Gasteiger charge is 2.39. The molecule has 1 aliphatic heterocycles. The van der Waals surface area contributed by atoms with Crippen LogP contribution in [0.4, 0.5) is 13.2 Å². The second kappa shape index (κ2) is 6.54. The third-order valence-corrected chi connectivity index (χ3v) is 4.39. The molecule has 0 radical (unpaired) electrons. The summed E-state index contributed by atoms with van der Waals surface area (Å²) >= 11 is 0. The Bertz CT molecular complexity index is 959. The number of halogens is 3. The maximum Gasteiger partial charge on any atom is 0.416 e. The Balaban J connectivity index is 2.38. The Morgan fingerprint density at radius 3 is 2.52 bits per heavy atom. The average molecular weight is 380 g/mol. The quantitative estimate of drug-likeness (QED) is 0.827. The molecule has 0 aliphatic carbocycles. The van der Waals surface area contributed by atoms with Crippen LogP contribution in [0.3, 0.4) is 0 Å². The van der Waals surface area contributed by atoms with E-state index >= 15 is 0 Å². The standard InChI is InChI=1S/C19H19F3N2O3/c1-18(2)14(11-23(3)26)17(24-9-5-4-6-16(24)25)13-10-12(19(20,21)22)7-8-15(13)27-18/h4-10,26H,11H2,1-3H3. The molecular weight excluding hydrogens is 361 g/mol. The van der Waals surface area contributed by atoms with Crippen LogP contribution in [-0.4, -0.2) is 34.0 Å². The van der Waals surface area contributed by atoms with Crippen LogP contribution >= 0.6 is 0 Å². The number of ether oxygens (including phenoxy) is 1. The van der Waals surface area contributed by atoms with E-state index in [9.17, 15) is 23.2 Å². The van der Waals surface area contributed by atoms with Gasteiger partial charge >= 0.3 is 6.18 Å². The number of pyridine rings is 1. The second-order valence-electron chi connectivity index (χ2n) is 6.87. The van der Waals surface area contributed by atoms with Crippen LogP contribution in [0, 0.1) is 0 Å². The van der Waals surface area contributed by atoms with Crippen molar-refractivity contribution in [1.29, 1.82) is 0 Å². The monoisotopic (exact) mass is 380 g/mol. The van der Waals surface area contributed by atoms with E-state index in [0.29, 0.717) is 5.57 Å². The zero-order valence-corrected chi connectivity index (χ0v) is 15.0. The lowest BCUT2D eigenvalue weighted by molar-refractivity contribution is -0.137. The number of benzene rings is 1. The summed E-state index contributed by atoms with van der Waals surface area (Å²) in [4.78, 5) is 12.4. The van der Waals surface area contributed by atoms with E-state index < -0.39 is 22.9 Å². The van der Waals surface area contributed by atoms with Crippen molar-refractivity contribution in [3.05, 3.63) is 69.6 Å². The SMILES string of the molecule is CN(O)CC1=C(n2ccccc2=O)c2cc(C(F)(F)F)ccc2OC1(C)C. The Kier molecular flexibility index (Phi) is 4.65. The van der Waals surface area contributed by atoms with Gasteiger partial charge in [0, 0.05) is 30.4 Å². The zero-order chi connectivity index (χ0) is 20.0. The van der Waals surface area contributed by atoms with Crippen LogP contribution in [0.15, 0.2) is 53.0 Å². The summed E-state index contributed by atoms with van der Waals surface area (Å²) in [6.45, 7) is 3.46. The number of rotatable bonds is 3. The average Bonchev–Trinajstić information content (AvgIpc) is 2.54. The minimum absolute atomic E-state index is 0.0145. The van der Waals surface area contributed by atoms with Crippen molar-refractivity contribution in [3.8, 4) is 5.75 Å². The van der Waals surface area contributed by atoms with E-state index in [1.165, 1.54) is 29.9 Å². The molecule has 0 bridgehead atoms. The van der Waals surface area contributed by atoms with Gasteiger partial charge in [-0.3, -0.25) is 9.36 Å². The molecule has 0 saturated heterocycles. The Labute approximate surface area is 153 Å². The fourth-order valence-corrected chi connectivity index (χ4v) is 3.15. The van der Waals surface area contributed by atoms with Gasteiger partial charge in [0.15, 0.2) is 0 Å². The highest BCUT2D eigenvalue weighted by atomic mass is 19.4. The van der Waals surface area contributed by atoms with Gasteiger partial charge in [0.1, 0.15) is 11.4 Å². The Morgan fingerprint density at radius 2 is 1.93 bits per heavy atom. The fourth-order valence-electron chi connectivity index (χ4n) is 3.15. The predicted molar refractivity (Wildman–Crippen MR) is 93.6 cm³/mol. The van der Waals surface area contributed by atoms with Gasteiger partial charge < -0.3 is 9.94 Å². The summed E-state index contributed by atoms with van der Waals surface area (Å²) in [5.74, 6) is 0.239. The van der Waals surface area contributed by atoms with Crippen molar-refractivity contribution in [2.45, 2.75) is 25.6 Å². The van der Waals surface area contributed by atoms with Crippen molar-refractivity contribution in [1.82, 2.24) is 9.63 Å². The van der Waals surface area contributed by atoms with Crippen LogP contribution in [0.1, 0.15) is 25.0 Å². The second-order valence-corrected chi connectivity index (χ2v) is 6.87. The lowest BCUT2D eigenvalue weighted by Crippen LogP contribution is -2.41. The van der Waals surface area contributed by atoms with E-state index in [4.69, 9.17) is 4.74 Å². The number of hydrogen-bond donors (Lipinski definition) is 1. The summed E-state index contributed by atoms with van der Waals surface area (Å²) in [7, 11) is 1.41. The summed E-state index contributed by atoms with van der Waals surface area (Å²) < 4.78 is 47.0. The number of hydrogen-bond acceptors (Lipinski definition) is 4. The Morgan fingerprint density at radius 1 is 1.22 bits per heavy atom. The molecule has 0 atom stereocenters. The summed E-state index contributed by atoms with van der Waals surface area (Å²) in [6.07, 6.45) is -3.05. The third kappa shape index (κ3) is 3.63. The number of nitrogens with zero attached hydrogens (tertiary/aromatic N) is 2. The highest BCUT2D eigenvalue weighted by molar-refractivity contribution is 5.77. The third-order valence-electron chi connectivity index (χ3n) is 4.39. The van der Waals surface area contributed by atoms with Crippen molar-refractivity contribution < 1.29 is 23.1 Å². The lowest BCUT2D eigenvalue weighted by atomic mass is 9.88. The minimum Gasteiger partial charge on any atom is -0.483 e. The van der Waals surface area contributed by atoms with Gasteiger partial charge in [-0.15, -0.1) is 0 Å². The van der Waals surface area contributed by atoms with Crippen LogP contribution < -0.4 is 10.3 Å². The molecule has 27 heavy (non-hydrogen) atoms. The molecule has 144 valence electrons. The fraction of sp³-hybridized carbons (Fsp3) is 0.316. The first kappa shape index (κ1) is 19.2. The largest absolute Gasteiger partial charge is 0.483 e. The van der Waals surface area contributed by atoms with Crippen molar-refractivity contribution in [3.63, 3.8) is 0 Å². The summed E-state index contributed by atoms with van der Waals surface area (Å²) in [5, 5.41) is 10.7. The predicted octanol–water partition coefficient (Wildman–Crippen LogP) is 3.62. The number of hydroxylamine groups is 2. The van der Waals surface area contributed by atoms with Gasteiger partial charge in [-0.25, -0.2) is 0 Å². The molecular formula is C19H19F3N2O3. The maximum atomic E-state index is 13.3. The molecule has 8 heteroatoms. The molecule has 3 rings (SSSR count). The molecule has 1 aliphatic rings. The van der Waals surface area contributed by atoms with Crippen molar-refractivity contribution >= 4 is 5.70 Å². The highest BCUT2D eigenvalue weighted by Crippen LogP contribution is 2.43. The molecule has 2 heterocycles. The topological polar surface area (TPSA) is 54.7 Å². The zero-order valence-electron chi connectivity index (χ0n) is 15.0. The minimum atomic E-state index is -4.54. The van der Waals surface area contributed by atoms with Crippen molar-refractivity contribution in [2.24, 2.45) is 0 Å². The molecule has 1 aromatic carbocycles. The van der Waals surface area contributed by atoms with Gasteiger partial charge in [-0.1, -0.05) is 6.07 Å². The van der Waals surface area contributed by atoms with Crippen LogP contribution in [0.25, 0.3) is 5.70 Å². The molecule has 0 amide bonds. The van der Waals surface area contributed by atoms with Crippen LogP contribution in [0.2, 0.25) is 0 Å². The first-order valence-corrected chi connectivity index (χ1v) is 8.23. The van der Waals surface area contributed by atoms with Crippen LogP contribution in [-0.2, 0) is 6.18 Å². The molecule has 5 nitrogen and oxygen atoms in total. The van der Waals surface area contributed by atoms with Gasteiger partial charge in [0.2, 0.25) is 0 Å². The number of likely N-dealkylation sites (N-methyl/N-ethyl adjacent to an activating group) is 1. The molecule has 0 unspecified atom stereocenters. The van der Waals surface area contributed by atoms with Gasteiger partial charge in [0.25, 0.3) is 5.56 Å². The molecule has 0 spiro atoms. The van der Waals surface area contributed by atoms with Crippen molar-refractivity contribution in [2.75, 3.05) is 13.6 Å². The van der Waals surface area contributed by atoms with Gasteiger partial charge in [-0.2, -0.15) is 18.2 Å². The number of alkyl halides is 3. The molecule has 1 aromatic heterocycles. The lowest BCUT2D eigenvalue weighted by Gasteiger charge is -2.38. The molecule has 2 aromatic rings. The summed E-state index contributed by atoms with van der Waals surface area (Å²) in [6, 6.07) is 7.66. The van der Waals surface area contributed by atoms with Gasteiger partial charge in [-0.05, 0) is 38.1 Å². The van der Waals surface area contributed by atoms with Gasteiger partial charge in [0.05, 0.1) is 17.8 Å². The normalized spacial score (nSPS) is 16.3. The first-order valence-electron chi connectivity index (χ1n) is 8.23. The molecule has 1 N–H and O–H groups in total. The van der Waals surface area contributed by atoms with E-state index in [1.807, 2.05) is 0 Å². The number of fused-ring (bicyclic) bond motifs is 1. The summed E-state index contributed by atoms with van der Waals surface area (Å²) in [5.41, 5.74) is -1.29. The van der Waals surface area contributed by atoms with E-state index in [0.717, 1.165) is 17.2 Å². The number of aromatic nitrogens is 1. The Hall–Kier alpha value is -2.58.